The van der Waals surface area contributed by atoms with Gasteiger partial charge in [-0.05, 0) is 46.8 Å². The van der Waals surface area contributed by atoms with Gasteiger partial charge < -0.3 is 24.7 Å². The Hall–Kier alpha value is -4.85. The lowest BCUT2D eigenvalue weighted by Crippen LogP contribution is -2.66. The second kappa shape index (κ2) is 15.8. The molecule has 4 N–H and O–H groups in total. The molecule has 0 fully saturated rings. The zero-order valence-corrected chi connectivity index (χ0v) is 30.6. The Morgan fingerprint density at radius 2 is 1.68 bits per heavy atom. The first-order chi connectivity index (χ1) is 24.0. The fourth-order valence-electron chi connectivity index (χ4n) is 6.58. The second-order valence-electron chi connectivity index (χ2n) is 13.3. The molecule has 3 aromatic heterocycles. The molecule has 0 saturated heterocycles. The first-order valence-electron chi connectivity index (χ1n) is 16.9. The molecule has 1 amide bonds. The molecule has 5 aromatic rings. The van der Waals surface area contributed by atoms with E-state index in [1.807, 2.05) is 19.1 Å². The summed E-state index contributed by atoms with van der Waals surface area (Å²) >= 11 is 0. The van der Waals surface area contributed by atoms with Crippen LogP contribution in [-0.4, -0.2) is 69.1 Å². The highest BCUT2D eigenvalue weighted by Crippen LogP contribution is 2.37. The Morgan fingerprint density at radius 3 is 2.24 bits per heavy atom. The number of nitrogens with one attached hydrogen (secondary N) is 2. The van der Waals surface area contributed by atoms with E-state index in [1.54, 1.807) is 24.1 Å². The molecule has 264 valence electrons. The number of hydrogen-bond acceptors (Lipinski definition) is 9. The average molecular weight is 698 g/mol. The summed E-state index contributed by atoms with van der Waals surface area (Å²) in [7, 11) is -1.19. The summed E-state index contributed by atoms with van der Waals surface area (Å²) in [4.78, 5) is 25.4. The van der Waals surface area contributed by atoms with Gasteiger partial charge >= 0.3 is 6.09 Å². The maximum Gasteiger partial charge on any atom is 0.411 e. The lowest BCUT2D eigenvalue weighted by Gasteiger charge is -2.43. The van der Waals surface area contributed by atoms with E-state index in [1.165, 1.54) is 10.4 Å². The van der Waals surface area contributed by atoms with Gasteiger partial charge in [0.1, 0.15) is 22.5 Å². The highest BCUT2D eigenvalue weighted by molar-refractivity contribution is 6.99. The lowest BCUT2D eigenvalue weighted by molar-refractivity contribution is 0.209. The number of amides is 1. The van der Waals surface area contributed by atoms with Crippen molar-refractivity contribution in [2.24, 2.45) is 0 Å². The molecular weight excluding hydrogens is 651 g/mol. The van der Waals surface area contributed by atoms with E-state index < -0.39 is 14.4 Å². The van der Waals surface area contributed by atoms with Crippen LogP contribution in [0, 0.1) is 6.92 Å². The summed E-state index contributed by atoms with van der Waals surface area (Å²) < 4.78 is 14.5. The predicted molar refractivity (Wildman–Crippen MR) is 198 cm³/mol. The number of fused-ring (bicyclic) bond motifs is 1. The molecule has 0 spiro atoms. The van der Waals surface area contributed by atoms with Crippen LogP contribution < -0.4 is 25.7 Å². The smallest absolute Gasteiger partial charge is 0.411 e. The first-order valence-corrected chi connectivity index (χ1v) is 18.8. The van der Waals surface area contributed by atoms with Crippen LogP contribution in [0.3, 0.4) is 0 Å². The topological polar surface area (TPSA) is 157 Å². The van der Waals surface area contributed by atoms with Crippen LogP contribution >= 0.6 is 0 Å². The van der Waals surface area contributed by atoms with Crippen LogP contribution in [0.15, 0.2) is 72.9 Å². The molecule has 2 aromatic carbocycles. The van der Waals surface area contributed by atoms with Crippen molar-refractivity contribution in [1.82, 2.24) is 24.7 Å². The molecule has 0 bridgehead atoms. The van der Waals surface area contributed by atoms with Crippen molar-refractivity contribution < 1.29 is 24.2 Å². The van der Waals surface area contributed by atoms with Gasteiger partial charge in [0.2, 0.25) is 5.95 Å². The first kappa shape index (κ1) is 36.4. The van der Waals surface area contributed by atoms with Crippen molar-refractivity contribution in [3.8, 4) is 5.75 Å². The van der Waals surface area contributed by atoms with E-state index in [9.17, 15) is 15.0 Å². The predicted octanol–water partition coefficient (Wildman–Crippen LogP) is 5.72. The van der Waals surface area contributed by atoms with E-state index in [4.69, 9.17) is 14.3 Å². The molecule has 1 atom stereocenters. The number of methoxy groups -OCH3 is 1. The van der Waals surface area contributed by atoms with Gasteiger partial charge in [-0.25, -0.2) is 9.78 Å². The summed E-state index contributed by atoms with van der Waals surface area (Å²) in [5.74, 6) is 0.924. The third-order valence-corrected chi connectivity index (χ3v) is 13.9. The molecule has 3 heterocycles. The highest BCUT2D eigenvalue weighted by Gasteiger charge is 2.50. The molecule has 0 radical (unpaired) electrons. The molecule has 0 aliphatic heterocycles. The Kier molecular flexibility index (Phi) is 11.5. The molecule has 0 aliphatic rings. The van der Waals surface area contributed by atoms with Gasteiger partial charge in [0.25, 0.3) is 8.32 Å². The second-order valence-corrected chi connectivity index (χ2v) is 17.7. The summed E-state index contributed by atoms with van der Waals surface area (Å²) in [5, 5.41) is 32.1. The van der Waals surface area contributed by atoms with E-state index in [2.05, 4.69) is 102 Å². The van der Waals surface area contributed by atoms with Gasteiger partial charge in [0.15, 0.2) is 5.82 Å². The van der Waals surface area contributed by atoms with Gasteiger partial charge in [-0.15, -0.1) is 0 Å². The third-order valence-electron chi connectivity index (χ3n) is 8.84. The third kappa shape index (κ3) is 7.80. The number of aromatic nitrogens is 5. The van der Waals surface area contributed by atoms with Crippen LogP contribution in [-0.2, 0) is 17.6 Å². The molecular formula is C37H47N7O5Si. The van der Waals surface area contributed by atoms with E-state index in [0.717, 1.165) is 12.8 Å². The number of rotatable bonds is 15. The highest BCUT2D eigenvalue weighted by atomic mass is 28.4. The SMILES string of the molecule is CCCC(CCO[Si](c1ccccc1)(c1ccccc1)C(C)(C)C)Nc1nc(NC(=O)O)nc2c(C)nn(Cc3ncc(CO)cc3OC)c12. The Bertz CT molecular complexity index is 1860. The zero-order chi connectivity index (χ0) is 35.9. The van der Waals surface area contributed by atoms with Gasteiger partial charge in [-0.3, -0.25) is 15.0 Å². The number of aliphatic hydroxyl groups excluding tert-OH is 1. The largest absolute Gasteiger partial charge is 0.495 e. The number of carboxylic acid groups (broad SMARTS) is 1. The van der Waals surface area contributed by atoms with E-state index in [-0.39, 0.29) is 30.2 Å². The van der Waals surface area contributed by atoms with Crippen molar-refractivity contribution in [3.05, 3.63) is 89.9 Å². The van der Waals surface area contributed by atoms with Crippen LogP contribution in [0.5, 0.6) is 5.75 Å². The van der Waals surface area contributed by atoms with E-state index >= 15 is 0 Å². The maximum absolute atomic E-state index is 11.7. The number of aliphatic hydroxyl groups is 1. The molecule has 50 heavy (non-hydrogen) atoms. The minimum absolute atomic E-state index is 0.0445. The number of pyridine rings is 1. The standard InChI is InChI=1S/C37H47N7O5Si/c1-7-14-27(19-20-49-50(37(3,4)5,28-15-10-8-11-16-28)29-17-12-9-13-18-29)39-34-33-32(40-35(41-34)42-36(46)47)25(2)43-44(33)23-30-31(48-6)21-26(24-45)22-38-30/h8-13,15-18,21-22,27,45H,7,14,19-20,23-24H2,1-6H3,(H,46,47)(H2,39,40,41,42). The normalized spacial score (nSPS) is 12.5. The Balaban J connectivity index is 1.51. The molecule has 13 heteroatoms. The van der Waals surface area contributed by atoms with Crippen molar-refractivity contribution >= 4 is 47.6 Å². The summed E-state index contributed by atoms with van der Waals surface area (Å²) in [5.41, 5.74) is 2.96. The zero-order valence-electron chi connectivity index (χ0n) is 29.6. The van der Waals surface area contributed by atoms with Crippen molar-refractivity contribution in [2.45, 2.75) is 78.1 Å². The number of aryl methyl sites for hydroxylation is 1. The quantitative estimate of drug-likeness (QED) is 0.0999. The number of anilines is 2. The summed E-state index contributed by atoms with van der Waals surface area (Å²) in [6.45, 7) is 11.3. The van der Waals surface area contributed by atoms with Crippen LogP contribution in [0.2, 0.25) is 5.04 Å². The number of ether oxygens (including phenoxy) is 1. The summed E-state index contributed by atoms with van der Waals surface area (Å²) in [6, 6.07) is 22.8. The van der Waals surface area contributed by atoms with Gasteiger partial charge in [0, 0.05) is 18.8 Å². The van der Waals surface area contributed by atoms with Gasteiger partial charge in [-0.2, -0.15) is 10.1 Å². The van der Waals surface area contributed by atoms with E-state index in [0.29, 0.717) is 52.6 Å². The van der Waals surface area contributed by atoms with Crippen LogP contribution in [0.1, 0.15) is 63.9 Å². The Labute approximate surface area is 294 Å². The number of benzene rings is 2. The number of carbonyl (C=O) groups is 1. The van der Waals surface area contributed by atoms with Crippen LogP contribution in [0.4, 0.5) is 16.6 Å². The molecule has 0 saturated carbocycles. The molecule has 1 unspecified atom stereocenters. The minimum atomic E-state index is -2.74. The van der Waals surface area contributed by atoms with Gasteiger partial charge in [0.05, 0.1) is 26.0 Å². The minimum Gasteiger partial charge on any atom is -0.495 e. The monoisotopic (exact) mass is 697 g/mol. The number of hydrogen-bond donors (Lipinski definition) is 4. The lowest BCUT2D eigenvalue weighted by atomic mass is 10.1. The fourth-order valence-corrected chi connectivity index (χ4v) is 11.2. The molecule has 5 rings (SSSR count). The maximum atomic E-state index is 11.7. The molecule has 0 aliphatic carbocycles. The number of nitrogens with zero attached hydrogens (tertiary/aromatic N) is 5. The van der Waals surface area contributed by atoms with Crippen LogP contribution in [0.25, 0.3) is 11.0 Å². The van der Waals surface area contributed by atoms with Crippen molar-refractivity contribution in [3.63, 3.8) is 0 Å². The van der Waals surface area contributed by atoms with Gasteiger partial charge in [-0.1, -0.05) is 94.8 Å². The molecule has 12 nitrogen and oxygen atoms in total. The van der Waals surface area contributed by atoms with Crippen molar-refractivity contribution in [2.75, 3.05) is 24.4 Å². The average Bonchev–Trinajstić information content (AvgIpc) is 3.41. The Morgan fingerprint density at radius 1 is 1.02 bits per heavy atom. The van der Waals surface area contributed by atoms with Crippen molar-refractivity contribution in [1.29, 1.82) is 0 Å². The summed E-state index contributed by atoms with van der Waals surface area (Å²) in [6.07, 6.45) is 2.74. The fraction of sp³-hybridized carbons (Fsp3) is 0.378.